The summed E-state index contributed by atoms with van der Waals surface area (Å²) < 4.78 is 5.76. The Morgan fingerprint density at radius 2 is 2.00 bits per heavy atom. The zero-order valence-corrected chi connectivity index (χ0v) is 12.6. The van der Waals surface area contributed by atoms with Gasteiger partial charge in [-0.1, -0.05) is 18.2 Å². The molecule has 22 heavy (non-hydrogen) atoms. The number of hydrogen-bond donors (Lipinski definition) is 1. The van der Waals surface area contributed by atoms with Crippen LogP contribution in [0.4, 0.5) is 0 Å². The van der Waals surface area contributed by atoms with Crippen LogP contribution in [0.3, 0.4) is 0 Å². The summed E-state index contributed by atoms with van der Waals surface area (Å²) in [6.45, 7) is 0.597. The lowest BCUT2D eigenvalue weighted by Crippen LogP contribution is -2.03. The molecule has 2 aromatic rings. The van der Waals surface area contributed by atoms with E-state index in [9.17, 15) is 4.79 Å². The summed E-state index contributed by atoms with van der Waals surface area (Å²) in [6, 6.07) is 13.9. The van der Waals surface area contributed by atoms with Crippen molar-refractivity contribution in [2.75, 3.05) is 6.61 Å². The smallest absolute Gasteiger partial charge is 0.303 e. The average molecular weight is 299 g/mol. The van der Waals surface area contributed by atoms with Crippen LogP contribution >= 0.6 is 0 Å². The van der Waals surface area contributed by atoms with Crippen molar-refractivity contribution in [1.82, 2.24) is 4.98 Å². The van der Waals surface area contributed by atoms with Crippen molar-refractivity contribution in [1.29, 1.82) is 0 Å². The van der Waals surface area contributed by atoms with Crippen LogP contribution in [0.5, 0.6) is 5.75 Å². The fourth-order valence-corrected chi connectivity index (χ4v) is 2.22. The van der Waals surface area contributed by atoms with Gasteiger partial charge in [0.05, 0.1) is 6.61 Å². The van der Waals surface area contributed by atoms with Crippen molar-refractivity contribution in [3.05, 3.63) is 59.9 Å². The number of carbonyl (C=O) groups is 1. The normalized spacial score (nSPS) is 10.4. The summed E-state index contributed by atoms with van der Waals surface area (Å²) >= 11 is 0. The molecule has 0 amide bonds. The lowest BCUT2D eigenvalue weighted by atomic mass is 10.1. The minimum Gasteiger partial charge on any atom is -0.493 e. The molecular formula is C18H21NO3. The highest BCUT2D eigenvalue weighted by atomic mass is 16.5. The van der Waals surface area contributed by atoms with Gasteiger partial charge in [0.1, 0.15) is 5.75 Å². The van der Waals surface area contributed by atoms with Crippen LogP contribution < -0.4 is 4.74 Å². The van der Waals surface area contributed by atoms with Gasteiger partial charge in [0.25, 0.3) is 0 Å². The van der Waals surface area contributed by atoms with Crippen molar-refractivity contribution in [2.24, 2.45) is 0 Å². The van der Waals surface area contributed by atoms with E-state index in [0.717, 1.165) is 30.7 Å². The molecule has 116 valence electrons. The highest BCUT2D eigenvalue weighted by Crippen LogP contribution is 2.16. The number of aliphatic carboxylic acids is 1. The Bertz CT molecular complexity index is 584. The number of aryl methyl sites for hydroxylation is 1. The maximum absolute atomic E-state index is 10.5. The Morgan fingerprint density at radius 1 is 1.09 bits per heavy atom. The molecule has 0 radical (unpaired) electrons. The molecule has 0 bridgehead atoms. The predicted molar refractivity (Wildman–Crippen MR) is 85.1 cm³/mol. The van der Waals surface area contributed by atoms with Crippen LogP contribution in [0.1, 0.15) is 30.5 Å². The van der Waals surface area contributed by atoms with Gasteiger partial charge >= 0.3 is 5.97 Å². The summed E-state index contributed by atoms with van der Waals surface area (Å²) in [5.41, 5.74) is 2.20. The molecule has 0 atom stereocenters. The van der Waals surface area contributed by atoms with Crippen molar-refractivity contribution < 1.29 is 14.6 Å². The van der Waals surface area contributed by atoms with Crippen molar-refractivity contribution in [3.8, 4) is 5.75 Å². The molecule has 1 heterocycles. The fraction of sp³-hybridized carbons (Fsp3) is 0.333. The van der Waals surface area contributed by atoms with E-state index in [2.05, 4.69) is 4.98 Å². The Labute approximate surface area is 130 Å². The molecule has 0 aliphatic rings. The third-order valence-electron chi connectivity index (χ3n) is 3.36. The summed E-state index contributed by atoms with van der Waals surface area (Å²) in [4.78, 5) is 14.7. The Morgan fingerprint density at radius 3 is 2.77 bits per heavy atom. The molecule has 0 aliphatic carbocycles. The van der Waals surface area contributed by atoms with Gasteiger partial charge in [0, 0.05) is 24.7 Å². The van der Waals surface area contributed by atoms with Gasteiger partial charge < -0.3 is 9.84 Å². The summed E-state index contributed by atoms with van der Waals surface area (Å²) in [5.74, 6) is 0.123. The van der Waals surface area contributed by atoms with Crippen LogP contribution in [0.25, 0.3) is 0 Å². The molecule has 4 nitrogen and oxygen atoms in total. The van der Waals surface area contributed by atoms with Gasteiger partial charge in [-0.3, -0.25) is 9.78 Å². The molecule has 2 rings (SSSR count). The predicted octanol–water partition coefficient (Wildman–Crippen LogP) is 3.50. The third kappa shape index (κ3) is 5.95. The monoisotopic (exact) mass is 299 g/mol. The van der Waals surface area contributed by atoms with Gasteiger partial charge in [-0.05, 0) is 49.1 Å². The van der Waals surface area contributed by atoms with E-state index in [0.29, 0.717) is 13.0 Å². The highest BCUT2D eigenvalue weighted by Gasteiger charge is 2.01. The number of carboxylic acid groups (broad SMARTS) is 1. The SMILES string of the molecule is O=C(O)CCCCc1cccc(OCCc2ccccn2)c1. The van der Waals surface area contributed by atoms with E-state index < -0.39 is 5.97 Å². The summed E-state index contributed by atoms with van der Waals surface area (Å²) in [7, 11) is 0. The third-order valence-corrected chi connectivity index (χ3v) is 3.36. The Kier molecular flexibility index (Phi) is 6.42. The van der Waals surface area contributed by atoms with Crippen molar-refractivity contribution in [2.45, 2.75) is 32.1 Å². The number of carboxylic acids is 1. The van der Waals surface area contributed by atoms with Crippen LogP contribution in [0.2, 0.25) is 0 Å². The van der Waals surface area contributed by atoms with Gasteiger partial charge in [-0.2, -0.15) is 0 Å². The first kappa shape index (κ1) is 16.0. The second kappa shape index (κ2) is 8.82. The standard InChI is InChI=1S/C18H21NO3/c20-18(21)10-2-1-6-15-7-5-9-17(14-15)22-13-11-16-8-3-4-12-19-16/h3-5,7-9,12,14H,1-2,6,10-11,13H2,(H,20,21). The van der Waals surface area contributed by atoms with Gasteiger partial charge in [0.15, 0.2) is 0 Å². The summed E-state index contributed by atoms with van der Waals surface area (Å²) in [5, 5.41) is 8.62. The number of unbranched alkanes of at least 4 members (excludes halogenated alkanes) is 1. The topological polar surface area (TPSA) is 59.4 Å². The molecule has 0 fully saturated rings. The molecule has 4 heteroatoms. The van der Waals surface area contributed by atoms with Gasteiger partial charge in [0.2, 0.25) is 0 Å². The molecule has 0 aliphatic heterocycles. The lowest BCUT2D eigenvalue weighted by Gasteiger charge is -2.08. The van der Waals surface area contributed by atoms with Gasteiger partial charge in [-0.25, -0.2) is 0 Å². The average Bonchev–Trinajstić information content (AvgIpc) is 2.53. The first-order valence-electron chi connectivity index (χ1n) is 7.57. The van der Waals surface area contributed by atoms with E-state index in [4.69, 9.17) is 9.84 Å². The van der Waals surface area contributed by atoms with Crippen LogP contribution in [0, 0.1) is 0 Å². The van der Waals surface area contributed by atoms with Gasteiger partial charge in [-0.15, -0.1) is 0 Å². The van der Waals surface area contributed by atoms with Crippen LogP contribution in [0.15, 0.2) is 48.7 Å². The maximum Gasteiger partial charge on any atom is 0.303 e. The van der Waals surface area contributed by atoms with E-state index >= 15 is 0 Å². The minimum absolute atomic E-state index is 0.236. The number of pyridine rings is 1. The Balaban J connectivity index is 1.75. The first-order valence-corrected chi connectivity index (χ1v) is 7.57. The van der Waals surface area contributed by atoms with Crippen molar-refractivity contribution in [3.63, 3.8) is 0 Å². The van der Waals surface area contributed by atoms with Crippen LogP contribution in [-0.4, -0.2) is 22.7 Å². The number of nitrogens with zero attached hydrogens (tertiary/aromatic N) is 1. The fourth-order valence-electron chi connectivity index (χ4n) is 2.22. The Hall–Kier alpha value is -2.36. The number of benzene rings is 1. The molecule has 0 saturated heterocycles. The van der Waals surface area contributed by atoms with E-state index in [-0.39, 0.29) is 6.42 Å². The number of hydrogen-bond acceptors (Lipinski definition) is 3. The highest BCUT2D eigenvalue weighted by molar-refractivity contribution is 5.66. The number of ether oxygens (including phenoxy) is 1. The lowest BCUT2D eigenvalue weighted by molar-refractivity contribution is -0.137. The van der Waals surface area contributed by atoms with E-state index in [1.807, 2.05) is 42.5 Å². The zero-order chi connectivity index (χ0) is 15.6. The second-order valence-corrected chi connectivity index (χ2v) is 5.17. The zero-order valence-electron chi connectivity index (χ0n) is 12.6. The quantitative estimate of drug-likeness (QED) is 0.720. The number of rotatable bonds is 9. The second-order valence-electron chi connectivity index (χ2n) is 5.17. The molecule has 0 unspecified atom stereocenters. The maximum atomic E-state index is 10.5. The van der Waals surface area contributed by atoms with E-state index in [1.165, 1.54) is 5.56 Å². The molecule has 0 spiro atoms. The minimum atomic E-state index is -0.730. The van der Waals surface area contributed by atoms with Crippen LogP contribution in [-0.2, 0) is 17.6 Å². The molecule has 1 aromatic carbocycles. The first-order chi connectivity index (χ1) is 10.7. The van der Waals surface area contributed by atoms with E-state index in [1.54, 1.807) is 6.20 Å². The molecule has 1 aromatic heterocycles. The largest absolute Gasteiger partial charge is 0.493 e. The molecule has 1 N–H and O–H groups in total. The summed E-state index contributed by atoms with van der Waals surface area (Å²) in [6.07, 6.45) is 5.27. The molecular weight excluding hydrogens is 278 g/mol. The number of aromatic nitrogens is 1. The molecule has 0 saturated carbocycles. The van der Waals surface area contributed by atoms with Crippen molar-refractivity contribution >= 4 is 5.97 Å².